The van der Waals surface area contributed by atoms with E-state index in [0.29, 0.717) is 24.1 Å². The van der Waals surface area contributed by atoms with Crippen molar-refractivity contribution in [1.29, 1.82) is 0 Å². The van der Waals surface area contributed by atoms with Crippen molar-refractivity contribution in [1.82, 2.24) is 0 Å². The van der Waals surface area contributed by atoms with Crippen LogP contribution in [0.25, 0.3) is 5.83 Å². The maximum Gasteiger partial charge on any atom is 0.399 e. The monoisotopic (exact) mass is 576 g/mol. The Bertz CT molecular complexity index is 1090. The van der Waals surface area contributed by atoms with E-state index in [1.54, 1.807) is 20.8 Å². The average Bonchev–Trinajstić information content (AvgIpc) is 2.75. The molecule has 0 aliphatic heterocycles. The topological polar surface area (TPSA) is 0 Å². The molecule has 0 aliphatic carbocycles. The third-order valence-corrected chi connectivity index (χ3v) is 7.50. The maximum absolute atomic E-state index is 15.1. The molecular weight excluding hydrogens is 551 g/mol. The number of alkyl halides is 8. The molecule has 0 spiro atoms. The summed E-state index contributed by atoms with van der Waals surface area (Å²) < 4.78 is 123. The Morgan fingerprint density at radius 1 is 1.00 bits per heavy atom. The van der Waals surface area contributed by atoms with Crippen LogP contribution in [0.2, 0.25) is 5.02 Å². The molecule has 0 heterocycles. The standard InChI is InChI=1S/C26H26ClF9S/c1-14-9-18(11-22(27)16(14)3)20(26(34,35)36)12-23(28)17-5-6-19(21(10-17)24(4,29)30)15(2)13-37-8-7-25(31,32)33/h5-6,9-12,15,20H,7-8,13H2,1-4H3/b23-12-. The Hall–Kier alpha value is -1.81. The highest BCUT2D eigenvalue weighted by atomic mass is 35.5. The Morgan fingerprint density at radius 3 is 2.14 bits per heavy atom. The van der Waals surface area contributed by atoms with Gasteiger partial charge in [-0.05, 0) is 66.0 Å². The van der Waals surface area contributed by atoms with Crippen molar-refractivity contribution in [2.45, 2.75) is 64.2 Å². The second-order valence-electron chi connectivity index (χ2n) is 9.01. The zero-order valence-corrected chi connectivity index (χ0v) is 22.0. The van der Waals surface area contributed by atoms with Crippen LogP contribution in [0, 0.1) is 13.8 Å². The van der Waals surface area contributed by atoms with Gasteiger partial charge in [0.2, 0.25) is 0 Å². The first kappa shape index (κ1) is 31.4. The average molecular weight is 577 g/mol. The van der Waals surface area contributed by atoms with E-state index in [0.717, 1.165) is 30.0 Å². The molecule has 0 aromatic heterocycles. The SMILES string of the molecule is Cc1cc(C(/C=C(\F)c2ccc(C(C)CSCCC(F)(F)F)c(C(C)(F)F)c2)C(F)(F)F)cc(Cl)c1C. The zero-order valence-electron chi connectivity index (χ0n) is 20.4. The number of halogens is 10. The van der Waals surface area contributed by atoms with Gasteiger partial charge in [0.15, 0.2) is 0 Å². The number of allylic oxidation sites excluding steroid dienone is 1. The second kappa shape index (κ2) is 11.9. The highest BCUT2D eigenvalue weighted by Crippen LogP contribution is 2.42. The summed E-state index contributed by atoms with van der Waals surface area (Å²) in [6.45, 7) is 5.30. The van der Waals surface area contributed by atoms with Crippen molar-refractivity contribution in [2.24, 2.45) is 0 Å². The molecule has 0 aliphatic rings. The molecule has 0 bridgehead atoms. The molecule has 2 rings (SSSR count). The molecule has 206 valence electrons. The Labute approximate surface area is 219 Å². The zero-order chi connectivity index (χ0) is 28.3. The van der Waals surface area contributed by atoms with Crippen molar-refractivity contribution in [3.63, 3.8) is 0 Å². The largest absolute Gasteiger partial charge is 0.399 e. The Balaban J connectivity index is 2.43. The minimum absolute atomic E-state index is 0.0804. The van der Waals surface area contributed by atoms with Gasteiger partial charge in [-0.2, -0.15) is 38.1 Å². The first-order chi connectivity index (χ1) is 16.8. The highest BCUT2D eigenvalue weighted by molar-refractivity contribution is 7.99. The second-order valence-corrected chi connectivity index (χ2v) is 10.6. The maximum atomic E-state index is 15.1. The fourth-order valence-electron chi connectivity index (χ4n) is 3.70. The van der Waals surface area contributed by atoms with E-state index >= 15 is 4.39 Å². The van der Waals surface area contributed by atoms with Gasteiger partial charge in [-0.15, -0.1) is 0 Å². The molecule has 2 atom stereocenters. The minimum Gasteiger partial charge on any atom is -0.207 e. The van der Waals surface area contributed by atoms with Crippen molar-refractivity contribution < 1.29 is 39.5 Å². The predicted molar refractivity (Wildman–Crippen MR) is 131 cm³/mol. The molecular formula is C26H26ClF9S. The minimum atomic E-state index is -4.89. The van der Waals surface area contributed by atoms with Crippen LogP contribution >= 0.6 is 23.4 Å². The van der Waals surface area contributed by atoms with Gasteiger partial charge < -0.3 is 0 Å². The van der Waals surface area contributed by atoms with Crippen molar-refractivity contribution in [3.8, 4) is 0 Å². The van der Waals surface area contributed by atoms with Crippen LogP contribution in [0.1, 0.15) is 65.5 Å². The summed E-state index contributed by atoms with van der Waals surface area (Å²) in [7, 11) is 0. The number of hydrogen-bond donors (Lipinski definition) is 0. The van der Waals surface area contributed by atoms with Gasteiger partial charge in [0, 0.05) is 28.8 Å². The Morgan fingerprint density at radius 2 is 1.62 bits per heavy atom. The smallest absolute Gasteiger partial charge is 0.207 e. The lowest BCUT2D eigenvalue weighted by Gasteiger charge is -2.22. The lowest BCUT2D eigenvalue weighted by Crippen LogP contribution is -2.19. The summed E-state index contributed by atoms with van der Waals surface area (Å²) in [6.07, 6.45) is -9.92. The molecule has 11 heteroatoms. The van der Waals surface area contributed by atoms with Gasteiger partial charge in [0.25, 0.3) is 5.92 Å². The number of benzene rings is 2. The van der Waals surface area contributed by atoms with Crippen molar-refractivity contribution >= 4 is 29.2 Å². The van der Waals surface area contributed by atoms with Gasteiger partial charge in [-0.1, -0.05) is 36.7 Å². The fourth-order valence-corrected chi connectivity index (χ4v) is 5.05. The first-order valence-corrected chi connectivity index (χ1v) is 12.7. The van der Waals surface area contributed by atoms with E-state index in [1.165, 1.54) is 12.1 Å². The molecule has 0 radical (unpaired) electrons. The van der Waals surface area contributed by atoms with Crippen LogP contribution in [0.15, 0.2) is 36.4 Å². The molecule has 37 heavy (non-hydrogen) atoms. The normalized spacial score (nSPS) is 15.1. The predicted octanol–water partition coefficient (Wildman–Crippen LogP) is 10.5. The van der Waals surface area contributed by atoms with Gasteiger partial charge in [-0.3, -0.25) is 0 Å². The third kappa shape index (κ3) is 8.87. The van der Waals surface area contributed by atoms with Crippen LogP contribution in [0.4, 0.5) is 39.5 Å². The van der Waals surface area contributed by atoms with E-state index in [4.69, 9.17) is 11.6 Å². The van der Waals surface area contributed by atoms with Crippen molar-refractivity contribution in [2.75, 3.05) is 11.5 Å². The molecule has 2 aromatic rings. The lowest BCUT2D eigenvalue weighted by molar-refractivity contribution is -0.139. The lowest BCUT2D eigenvalue weighted by atomic mass is 9.90. The summed E-state index contributed by atoms with van der Waals surface area (Å²) in [4.78, 5) is 0. The van der Waals surface area contributed by atoms with Crippen LogP contribution in [0.3, 0.4) is 0 Å². The molecule has 2 aromatic carbocycles. The third-order valence-electron chi connectivity index (χ3n) is 5.88. The number of thioether (sulfide) groups is 1. The van der Waals surface area contributed by atoms with E-state index in [-0.39, 0.29) is 27.7 Å². The molecule has 0 N–H and O–H groups in total. The van der Waals surface area contributed by atoms with Crippen molar-refractivity contribution in [3.05, 3.63) is 74.8 Å². The van der Waals surface area contributed by atoms with E-state index in [9.17, 15) is 35.1 Å². The van der Waals surface area contributed by atoms with Gasteiger partial charge in [-0.25, -0.2) is 13.2 Å². The summed E-state index contributed by atoms with van der Waals surface area (Å²) in [5.74, 6) is -7.95. The Kier molecular flexibility index (Phi) is 10.1. The molecule has 2 unspecified atom stereocenters. The van der Waals surface area contributed by atoms with Crippen LogP contribution in [-0.2, 0) is 5.92 Å². The van der Waals surface area contributed by atoms with Crippen LogP contribution < -0.4 is 0 Å². The fraction of sp³-hybridized carbons (Fsp3) is 0.462. The molecule has 0 saturated carbocycles. The summed E-state index contributed by atoms with van der Waals surface area (Å²) in [6, 6.07) is 5.40. The first-order valence-electron chi connectivity index (χ1n) is 11.2. The summed E-state index contributed by atoms with van der Waals surface area (Å²) in [5.41, 5.74) is -0.233. The number of hydrogen-bond acceptors (Lipinski definition) is 1. The van der Waals surface area contributed by atoms with E-state index < -0.39 is 53.5 Å². The van der Waals surface area contributed by atoms with Crippen LogP contribution in [-0.4, -0.2) is 23.9 Å². The van der Waals surface area contributed by atoms with Crippen LogP contribution in [0.5, 0.6) is 0 Å². The number of aryl methyl sites for hydroxylation is 1. The summed E-state index contributed by atoms with van der Waals surface area (Å²) in [5, 5.41) is 0.0809. The van der Waals surface area contributed by atoms with E-state index in [2.05, 4.69) is 0 Å². The summed E-state index contributed by atoms with van der Waals surface area (Å²) >= 11 is 6.97. The highest BCUT2D eigenvalue weighted by Gasteiger charge is 2.40. The molecule has 0 nitrogen and oxygen atoms in total. The number of rotatable bonds is 9. The van der Waals surface area contributed by atoms with Gasteiger partial charge in [0.05, 0.1) is 6.42 Å². The van der Waals surface area contributed by atoms with Gasteiger partial charge >= 0.3 is 12.4 Å². The molecule has 0 fully saturated rings. The van der Waals surface area contributed by atoms with E-state index in [1.807, 2.05) is 0 Å². The quantitative estimate of drug-likeness (QED) is 0.211. The van der Waals surface area contributed by atoms with Gasteiger partial charge in [0.1, 0.15) is 11.7 Å². The molecule has 0 saturated heterocycles. The molecule has 0 amide bonds.